The number of anilines is 2. The molecule has 2 aromatic heterocycles. The maximum Gasteiger partial charge on any atom is 0.254 e. The van der Waals surface area contributed by atoms with Crippen LogP contribution in [-0.2, 0) is 13.6 Å². The number of aromatic nitrogens is 3. The molecule has 0 fully saturated rings. The average Bonchev–Trinajstić information content (AvgIpc) is 3.08. The molecule has 4 aromatic rings. The summed E-state index contributed by atoms with van der Waals surface area (Å²) in [6.07, 6.45) is 1.57. The third-order valence-corrected chi connectivity index (χ3v) is 5.50. The molecule has 0 aliphatic rings. The van der Waals surface area contributed by atoms with E-state index in [0.29, 0.717) is 44.2 Å². The normalized spacial score (nSPS) is 10.9. The lowest BCUT2D eigenvalue weighted by Crippen LogP contribution is -2.24. The zero-order valence-corrected chi connectivity index (χ0v) is 18.6. The molecule has 0 radical (unpaired) electrons. The van der Waals surface area contributed by atoms with Gasteiger partial charge in [-0.3, -0.25) is 9.78 Å². The predicted octanol–water partition coefficient (Wildman–Crippen LogP) is 5.10. The molecular formula is C22H18Cl2FN5O2. The Morgan fingerprint density at radius 2 is 1.94 bits per heavy atom. The van der Waals surface area contributed by atoms with E-state index in [0.717, 1.165) is 0 Å². The molecule has 7 nitrogen and oxygen atoms in total. The van der Waals surface area contributed by atoms with Crippen molar-refractivity contribution in [2.24, 2.45) is 7.05 Å². The van der Waals surface area contributed by atoms with Crippen molar-refractivity contribution in [3.8, 4) is 5.75 Å². The quantitative estimate of drug-likeness (QED) is 0.407. The number of fused-ring (bicyclic) bond motifs is 1. The van der Waals surface area contributed by atoms with E-state index in [9.17, 15) is 9.18 Å². The topological polar surface area (TPSA) is 81.1 Å². The summed E-state index contributed by atoms with van der Waals surface area (Å²) in [5.41, 5.74) is 1.88. The Labute approximate surface area is 193 Å². The summed E-state index contributed by atoms with van der Waals surface area (Å²) in [7, 11) is 3.26. The molecule has 2 aromatic carbocycles. The van der Waals surface area contributed by atoms with Crippen molar-refractivity contribution in [1.82, 2.24) is 19.9 Å². The number of amides is 1. The Bertz CT molecular complexity index is 1310. The Balaban J connectivity index is 1.59. The highest BCUT2D eigenvalue weighted by atomic mass is 35.5. The van der Waals surface area contributed by atoms with Crippen LogP contribution >= 0.6 is 23.2 Å². The minimum absolute atomic E-state index is 0.119. The van der Waals surface area contributed by atoms with Gasteiger partial charge in [0.2, 0.25) is 5.95 Å². The van der Waals surface area contributed by atoms with E-state index >= 15 is 0 Å². The summed E-state index contributed by atoms with van der Waals surface area (Å²) in [4.78, 5) is 21.2. The van der Waals surface area contributed by atoms with Crippen LogP contribution in [0.2, 0.25) is 10.0 Å². The molecule has 10 heteroatoms. The fourth-order valence-corrected chi connectivity index (χ4v) is 3.67. The van der Waals surface area contributed by atoms with Gasteiger partial charge in [-0.25, -0.2) is 9.37 Å². The van der Waals surface area contributed by atoms with E-state index in [1.807, 2.05) is 0 Å². The van der Waals surface area contributed by atoms with Crippen LogP contribution in [-0.4, -0.2) is 27.6 Å². The lowest BCUT2D eigenvalue weighted by atomic mass is 10.1. The smallest absolute Gasteiger partial charge is 0.254 e. The molecule has 0 unspecified atom stereocenters. The second-order valence-electron chi connectivity index (χ2n) is 6.91. The monoisotopic (exact) mass is 473 g/mol. The van der Waals surface area contributed by atoms with Crippen molar-refractivity contribution in [2.75, 3.05) is 12.4 Å². The molecule has 4 rings (SSSR count). The number of ether oxygens (including phenoxy) is 1. The van der Waals surface area contributed by atoms with Gasteiger partial charge in [0.25, 0.3) is 5.91 Å². The number of carbonyl (C=O) groups excluding carboxylic acids is 1. The largest absolute Gasteiger partial charge is 0.497 e. The summed E-state index contributed by atoms with van der Waals surface area (Å²) < 4.78 is 21.6. The van der Waals surface area contributed by atoms with Crippen LogP contribution in [0.3, 0.4) is 0 Å². The van der Waals surface area contributed by atoms with Crippen LogP contribution in [0.15, 0.2) is 48.7 Å². The first kappa shape index (κ1) is 21.9. The number of pyridine rings is 1. The number of benzene rings is 2. The van der Waals surface area contributed by atoms with E-state index in [1.165, 1.54) is 19.2 Å². The summed E-state index contributed by atoms with van der Waals surface area (Å²) in [5, 5.41) is 6.57. The number of aryl methyl sites for hydroxylation is 1. The van der Waals surface area contributed by atoms with Crippen molar-refractivity contribution in [1.29, 1.82) is 0 Å². The fraction of sp³-hybridized carbons (Fsp3) is 0.136. The van der Waals surface area contributed by atoms with Crippen LogP contribution < -0.4 is 15.4 Å². The Morgan fingerprint density at radius 1 is 1.19 bits per heavy atom. The highest BCUT2D eigenvalue weighted by Crippen LogP contribution is 2.33. The van der Waals surface area contributed by atoms with Gasteiger partial charge in [-0.1, -0.05) is 29.3 Å². The van der Waals surface area contributed by atoms with Gasteiger partial charge in [-0.15, -0.1) is 0 Å². The number of hydrogen-bond acceptors (Lipinski definition) is 5. The molecule has 0 aliphatic heterocycles. The molecular weight excluding hydrogens is 456 g/mol. The number of methoxy groups -OCH3 is 1. The third-order valence-electron chi connectivity index (χ3n) is 4.87. The number of nitrogens with zero attached hydrogens (tertiary/aromatic N) is 3. The zero-order valence-electron chi connectivity index (χ0n) is 17.1. The maximum absolute atomic E-state index is 14.8. The first-order valence-electron chi connectivity index (χ1n) is 9.51. The fourth-order valence-electron chi connectivity index (χ4n) is 3.17. The van der Waals surface area contributed by atoms with Gasteiger partial charge >= 0.3 is 0 Å². The number of rotatable bonds is 6. The molecule has 164 valence electrons. The summed E-state index contributed by atoms with van der Waals surface area (Å²) >= 11 is 12.4. The predicted molar refractivity (Wildman–Crippen MR) is 122 cm³/mol. The van der Waals surface area contributed by atoms with Crippen molar-refractivity contribution >= 4 is 51.8 Å². The second kappa shape index (κ2) is 9.02. The van der Waals surface area contributed by atoms with Crippen molar-refractivity contribution in [3.05, 3.63) is 75.8 Å². The van der Waals surface area contributed by atoms with E-state index in [1.54, 1.807) is 48.1 Å². The molecule has 0 atom stereocenters. The minimum atomic E-state index is -0.668. The van der Waals surface area contributed by atoms with E-state index in [-0.39, 0.29) is 12.1 Å². The van der Waals surface area contributed by atoms with E-state index < -0.39 is 11.7 Å². The molecule has 0 saturated carbocycles. The molecule has 0 bridgehead atoms. The third kappa shape index (κ3) is 4.32. The van der Waals surface area contributed by atoms with Gasteiger partial charge in [0, 0.05) is 25.4 Å². The molecule has 32 heavy (non-hydrogen) atoms. The van der Waals surface area contributed by atoms with Crippen LogP contribution in [0.4, 0.5) is 16.0 Å². The number of halogens is 3. The van der Waals surface area contributed by atoms with Crippen LogP contribution in [0.25, 0.3) is 11.0 Å². The lowest BCUT2D eigenvalue weighted by Gasteiger charge is -2.09. The number of nitrogens with one attached hydrogen (secondary N) is 2. The van der Waals surface area contributed by atoms with E-state index in [4.69, 9.17) is 27.9 Å². The summed E-state index contributed by atoms with van der Waals surface area (Å²) in [5.74, 6) is -0.237. The highest BCUT2D eigenvalue weighted by molar-refractivity contribution is 6.39. The van der Waals surface area contributed by atoms with Crippen LogP contribution in [0, 0.1) is 5.82 Å². The SMILES string of the molecule is COc1ccnc(CNC(=O)c2cc3nc(Nc4c(Cl)cccc4Cl)n(C)c3cc2F)c1. The van der Waals surface area contributed by atoms with Gasteiger partial charge in [0.1, 0.15) is 11.6 Å². The molecule has 0 aliphatic carbocycles. The molecule has 2 heterocycles. The molecule has 0 saturated heterocycles. The standard InChI is InChI=1S/C22H18Cl2FN5O2/c1-30-19-10-17(25)14(21(31)27-11-12-8-13(32-2)6-7-26-12)9-18(19)28-22(30)29-20-15(23)4-3-5-16(20)24/h3-10H,11H2,1-2H3,(H,27,31)(H,28,29). The maximum atomic E-state index is 14.8. The first-order chi connectivity index (χ1) is 15.4. The lowest BCUT2D eigenvalue weighted by molar-refractivity contribution is 0.0946. The highest BCUT2D eigenvalue weighted by Gasteiger charge is 2.18. The number of imidazole rings is 1. The number of carbonyl (C=O) groups is 1. The summed E-state index contributed by atoms with van der Waals surface area (Å²) in [6.45, 7) is 0.119. The van der Waals surface area contributed by atoms with Crippen molar-refractivity contribution < 1.29 is 13.9 Å². The Kier molecular flexibility index (Phi) is 6.16. The first-order valence-corrected chi connectivity index (χ1v) is 10.3. The van der Waals surface area contributed by atoms with Gasteiger partial charge in [-0.2, -0.15) is 0 Å². The van der Waals surface area contributed by atoms with Gasteiger partial charge in [-0.05, 0) is 24.3 Å². The van der Waals surface area contributed by atoms with Gasteiger partial charge < -0.3 is 19.9 Å². The minimum Gasteiger partial charge on any atom is -0.497 e. The van der Waals surface area contributed by atoms with Crippen molar-refractivity contribution in [2.45, 2.75) is 6.54 Å². The summed E-state index contributed by atoms with van der Waals surface area (Å²) in [6, 6.07) is 11.2. The second-order valence-corrected chi connectivity index (χ2v) is 7.72. The molecule has 1 amide bonds. The average molecular weight is 474 g/mol. The molecule has 0 spiro atoms. The number of para-hydroxylation sites is 1. The van der Waals surface area contributed by atoms with Crippen LogP contribution in [0.1, 0.15) is 16.1 Å². The Morgan fingerprint density at radius 3 is 2.66 bits per heavy atom. The van der Waals surface area contributed by atoms with Crippen LogP contribution in [0.5, 0.6) is 5.75 Å². The van der Waals surface area contributed by atoms with Gasteiger partial charge in [0.15, 0.2) is 0 Å². The zero-order chi connectivity index (χ0) is 22.8. The number of hydrogen-bond donors (Lipinski definition) is 2. The van der Waals surface area contributed by atoms with E-state index in [2.05, 4.69) is 20.6 Å². The van der Waals surface area contributed by atoms with Gasteiger partial charge in [0.05, 0.1) is 51.7 Å². The van der Waals surface area contributed by atoms with Crippen molar-refractivity contribution in [3.63, 3.8) is 0 Å². The Hall–Kier alpha value is -3.36. The molecule has 2 N–H and O–H groups in total.